The fourth-order valence-corrected chi connectivity index (χ4v) is 2.74. The summed E-state index contributed by atoms with van der Waals surface area (Å²) in [4.78, 5) is 4.43. The lowest BCUT2D eigenvalue weighted by Crippen LogP contribution is -2.00. The summed E-state index contributed by atoms with van der Waals surface area (Å²) in [5, 5.41) is 18.2. The van der Waals surface area contributed by atoms with Crippen LogP contribution in [-0.2, 0) is 6.54 Å². The second kappa shape index (κ2) is 4.90. The number of phenols is 1. The van der Waals surface area contributed by atoms with Gasteiger partial charge in [-0.3, -0.25) is 0 Å². The summed E-state index contributed by atoms with van der Waals surface area (Å²) in [6, 6.07) is 11.4. The van der Waals surface area contributed by atoms with Crippen molar-refractivity contribution in [2.24, 2.45) is 0 Å². The highest BCUT2D eigenvalue weighted by atomic mass is 32.1. The van der Waals surface area contributed by atoms with Gasteiger partial charge in [0.2, 0.25) is 0 Å². The summed E-state index contributed by atoms with van der Waals surface area (Å²) in [7, 11) is 0. The number of anilines is 1. The molecule has 0 amide bonds. The van der Waals surface area contributed by atoms with Crippen molar-refractivity contribution >= 4 is 27.8 Å². The second-order valence-corrected chi connectivity index (χ2v) is 5.45. The molecule has 0 saturated carbocycles. The van der Waals surface area contributed by atoms with E-state index in [9.17, 15) is 5.11 Å². The van der Waals surface area contributed by atoms with E-state index in [2.05, 4.69) is 15.7 Å². The minimum atomic E-state index is 0.311. The van der Waals surface area contributed by atoms with Crippen molar-refractivity contribution in [1.82, 2.24) is 4.98 Å². The molecule has 96 valence electrons. The van der Waals surface area contributed by atoms with Gasteiger partial charge in [0.15, 0.2) is 0 Å². The number of aryl methyl sites for hydroxylation is 1. The van der Waals surface area contributed by atoms with Crippen molar-refractivity contribution < 1.29 is 5.11 Å². The molecule has 0 fully saturated rings. The van der Waals surface area contributed by atoms with Gasteiger partial charge < -0.3 is 10.4 Å². The zero-order valence-corrected chi connectivity index (χ0v) is 11.4. The van der Waals surface area contributed by atoms with Gasteiger partial charge in [0, 0.05) is 21.8 Å². The highest BCUT2D eigenvalue weighted by molar-refractivity contribution is 7.09. The molecule has 3 nitrogen and oxygen atoms in total. The SMILES string of the molecule is Cc1nc(CNc2cccc3c(O)cccc23)cs1. The molecule has 0 radical (unpaired) electrons. The van der Waals surface area contributed by atoms with Crippen molar-refractivity contribution in [2.75, 3.05) is 5.32 Å². The van der Waals surface area contributed by atoms with Gasteiger partial charge in [0.1, 0.15) is 5.75 Å². The number of aromatic hydroxyl groups is 1. The third-order valence-electron chi connectivity index (χ3n) is 3.03. The fourth-order valence-electron chi connectivity index (χ4n) is 2.12. The number of rotatable bonds is 3. The molecule has 4 heteroatoms. The molecule has 0 aliphatic heterocycles. The number of fused-ring (bicyclic) bond motifs is 1. The Labute approximate surface area is 115 Å². The van der Waals surface area contributed by atoms with Crippen molar-refractivity contribution in [3.8, 4) is 5.75 Å². The number of nitrogens with one attached hydrogen (secondary N) is 1. The van der Waals surface area contributed by atoms with Crippen LogP contribution in [0.15, 0.2) is 41.8 Å². The molecule has 3 rings (SSSR count). The molecule has 2 N–H and O–H groups in total. The van der Waals surface area contributed by atoms with Crippen molar-refractivity contribution in [3.63, 3.8) is 0 Å². The summed E-state index contributed by atoms with van der Waals surface area (Å²) in [6.45, 7) is 2.70. The lowest BCUT2D eigenvalue weighted by Gasteiger charge is -2.09. The largest absolute Gasteiger partial charge is 0.507 e. The van der Waals surface area contributed by atoms with Gasteiger partial charge in [-0.15, -0.1) is 11.3 Å². The lowest BCUT2D eigenvalue weighted by atomic mass is 10.1. The van der Waals surface area contributed by atoms with Gasteiger partial charge in [-0.05, 0) is 19.1 Å². The zero-order valence-electron chi connectivity index (χ0n) is 10.6. The van der Waals surface area contributed by atoms with Crippen molar-refractivity contribution in [3.05, 3.63) is 52.5 Å². The average Bonchev–Trinajstić information content (AvgIpc) is 2.83. The van der Waals surface area contributed by atoms with Crippen LogP contribution < -0.4 is 5.32 Å². The van der Waals surface area contributed by atoms with Crippen LogP contribution in [0.25, 0.3) is 10.8 Å². The molecule has 1 heterocycles. The Morgan fingerprint density at radius 3 is 2.74 bits per heavy atom. The topological polar surface area (TPSA) is 45.2 Å². The Morgan fingerprint density at radius 1 is 1.16 bits per heavy atom. The normalized spacial score (nSPS) is 10.8. The molecule has 0 bridgehead atoms. The van der Waals surface area contributed by atoms with E-state index in [4.69, 9.17) is 0 Å². The predicted octanol–water partition coefficient (Wildman–Crippen LogP) is 3.92. The molecule has 0 atom stereocenters. The molecule has 19 heavy (non-hydrogen) atoms. The summed E-state index contributed by atoms with van der Waals surface area (Å²) in [5.74, 6) is 0.311. The number of hydrogen-bond acceptors (Lipinski definition) is 4. The van der Waals surface area contributed by atoms with Gasteiger partial charge in [-0.2, -0.15) is 0 Å². The zero-order chi connectivity index (χ0) is 13.2. The van der Waals surface area contributed by atoms with E-state index in [1.807, 2.05) is 37.3 Å². The van der Waals surface area contributed by atoms with Gasteiger partial charge in [0.25, 0.3) is 0 Å². The number of thiazole rings is 1. The maximum Gasteiger partial charge on any atom is 0.123 e. The number of phenolic OH excluding ortho intramolecular Hbond substituents is 1. The lowest BCUT2D eigenvalue weighted by molar-refractivity contribution is 0.481. The smallest absolute Gasteiger partial charge is 0.123 e. The van der Waals surface area contributed by atoms with Crippen LogP contribution in [0.5, 0.6) is 5.75 Å². The molecule has 0 aliphatic rings. The molecular formula is C15H14N2OS. The quantitative estimate of drug-likeness (QED) is 0.758. The van der Waals surface area contributed by atoms with Crippen LogP contribution in [0.4, 0.5) is 5.69 Å². The van der Waals surface area contributed by atoms with E-state index in [1.54, 1.807) is 17.4 Å². The maximum atomic E-state index is 9.85. The van der Waals surface area contributed by atoms with Crippen LogP contribution >= 0.6 is 11.3 Å². The van der Waals surface area contributed by atoms with E-state index >= 15 is 0 Å². The molecule has 1 aromatic heterocycles. The summed E-state index contributed by atoms with van der Waals surface area (Å²) >= 11 is 1.65. The second-order valence-electron chi connectivity index (χ2n) is 4.39. The van der Waals surface area contributed by atoms with E-state index < -0.39 is 0 Å². The fraction of sp³-hybridized carbons (Fsp3) is 0.133. The molecule has 0 aliphatic carbocycles. The van der Waals surface area contributed by atoms with E-state index in [0.29, 0.717) is 12.3 Å². The van der Waals surface area contributed by atoms with Gasteiger partial charge in [0.05, 0.1) is 17.2 Å². The number of nitrogens with zero attached hydrogens (tertiary/aromatic N) is 1. The summed E-state index contributed by atoms with van der Waals surface area (Å²) in [5.41, 5.74) is 2.05. The molecule has 2 aromatic carbocycles. The monoisotopic (exact) mass is 270 g/mol. The molecule has 0 saturated heterocycles. The highest BCUT2D eigenvalue weighted by Crippen LogP contribution is 2.30. The van der Waals surface area contributed by atoms with E-state index in [0.717, 1.165) is 27.2 Å². The first-order valence-corrected chi connectivity index (χ1v) is 6.97. The van der Waals surface area contributed by atoms with Crippen LogP contribution in [0.1, 0.15) is 10.7 Å². The Hall–Kier alpha value is -2.07. The number of benzene rings is 2. The Bertz CT molecular complexity index is 721. The molecule has 3 aromatic rings. The first-order chi connectivity index (χ1) is 9.24. The standard InChI is InChI=1S/C15H14N2OS/c1-10-17-11(9-19-10)8-16-14-6-2-5-13-12(14)4-3-7-15(13)18/h2-7,9,16,18H,8H2,1H3. The Balaban J connectivity index is 1.91. The van der Waals surface area contributed by atoms with E-state index in [-0.39, 0.29) is 0 Å². The van der Waals surface area contributed by atoms with Gasteiger partial charge in [-0.1, -0.05) is 24.3 Å². The van der Waals surface area contributed by atoms with Crippen molar-refractivity contribution in [1.29, 1.82) is 0 Å². The summed E-state index contributed by atoms with van der Waals surface area (Å²) in [6.07, 6.45) is 0. The van der Waals surface area contributed by atoms with E-state index in [1.165, 1.54) is 0 Å². The van der Waals surface area contributed by atoms with Gasteiger partial charge in [-0.25, -0.2) is 4.98 Å². The van der Waals surface area contributed by atoms with Crippen molar-refractivity contribution in [2.45, 2.75) is 13.5 Å². The Morgan fingerprint density at radius 2 is 1.95 bits per heavy atom. The minimum absolute atomic E-state index is 0.311. The molecule has 0 unspecified atom stereocenters. The minimum Gasteiger partial charge on any atom is -0.507 e. The van der Waals surface area contributed by atoms with Crippen LogP contribution in [0.3, 0.4) is 0 Å². The highest BCUT2D eigenvalue weighted by Gasteiger charge is 2.04. The number of hydrogen-bond donors (Lipinski definition) is 2. The predicted molar refractivity (Wildman–Crippen MR) is 79.8 cm³/mol. The molecular weight excluding hydrogens is 256 g/mol. The van der Waals surface area contributed by atoms with Crippen LogP contribution in [-0.4, -0.2) is 10.1 Å². The third kappa shape index (κ3) is 2.39. The van der Waals surface area contributed by atoms with Crippen LogP contribution in [0, 0.1) is 6.92 Å². The molecule has 0 spiro atoms. The first-order valence-electron chi connectivity index (χ1n) is 6.09. The Kier molecular flexibility index (Phi) is 3.09. The van der Waals surface area contributed by atoms with Gasteiger partial charge >= 0.3 is 0 Å². The maximum absolute atomic E-state index is 9.85. The average molecular weight is 270 g/mol. The van der Waals surface area contributed by atoms with Crippen LogP contribution in [0.2, 0.25) is 0 Å². The first kappa shape index (κ1) is 12.0. The number of aromatic nitrogens is 1. The third-order valence-corrected chi connectivity index (χ3v) is 3.85. The summed E-state index contributed by atoms with van der Waals surface area (Å²) < 4.78 is 0.